The lowest BCUT2D eigenvalue weighted by Gasteiger charge is -2.06. The van der Waals surface area contributed by atoms with Crippen LogP contribution in [0, 0.1) is 6.92 Å². The Morgan fingerprint density at radius 3 is 2.58 bits per heavy atom. The second-order valence-electron chi connectivity index (χ2n) is 5.92. The average molecular weight is 364 g/mol. The van der Waals surface area contributed by atoms with Crippen LogP contribution in [0.25, 0.3) is 22.3 Å². The lowest BCUT2D eigenvalue weighted by atomic mass is 10.1. The van der Waals surface area contributed by atoms with Crippen molar-refractivity contribution in [1.29, 1.82) is 0 Å². The van der Waals surface area contributed by atoms with Gasteiger partial charge in [-0.2, -0.15) is 4.68 Å². The van der Waals surface area contributed by atoms with E-state index < -0.39 is 0 Å². The molecule has 0 aliphatic heterocycles. The summed E-state index contributed by atoms with van der Waals surface area (Å²) in [7, 11) is 1.91. The minimum absolute atomic E-state index is 0.163. The third-order valence-electron chi connectivity index (χ3n) is 4.09. The van der Waals surface area contributed by atoms with Crippen molar-refractivity contribution in [2.24, 2.45) is 7.05 Å². The molecule has 0 atom stereocenters. The van der Waals surface area contributed by atoms with E-state index in [0.29, 0.717) is 21.9 Å². The first kappa shape index (κ1) is 16.5. The molecule has 0 aliphatic rings. The Labute approximate surface area is 153 Å². The molecule has 0 fully saturated rings. The molecule has 2 heterocycles. The molecule has 0 aliphatic carbocycles. The summed E-state index contributed by atoms with van der Waals surface area (Å²) in [5, 5.41) is 17.9. The molecule has 0 saturated carbocycles. The maximum Gasteiger partial charge on any atom is 0.278 e. The van der Waals surface area contributed by atoms with E-state index in [1.807, 2.05) is 54.9 Å². The number of hydrogen-bond acceptors (Lipinski definition) is 6. The minimum atomic E-state index is -0.163. The molecule has 0 bridgehead atoms. The molecule has 0 spiro atoms. The molecule has 130 valence electrons. The molecule has 4 aromatic rings. The first-order chi connectivity index (χ1) is 12.6. The van der Waals surface area contributed by atoms with Crippen molar-refractivity contribution >= 4 is 22.7 Å². The van der Waals surface area contributed by atoms with E-state index in [1.54, 1.807) is 12.1 Å². The maximum absolute atomic E-state index is 12.5. The quantitative estimate of drug-likeness (QED) is 0.518. The van der Waals surface area contributed by atoms with Gasteiger partial charge in [0.25, 0.3) is 5.56 Å². The topological polar surface area (TPSA) is 78.5 Å². The summed E-state index contributed by atoms with van der Waals surface area (Å²) in [4.78, 5) is 12.5. The molecular weight excluding hydrogens is 348 g/mol. The summed E-state index contributed by atoms with van der Waals surface area (Å²) in [5.41, 5.74) is 2.63. The van der Waals surface area contributed by atoms with Crippen molar-refractivity contribution in [2.75, 3.05) is 0 Å². The highest BCUT2D eigenvalue weighted by molar-refractivity contribution is 7.98. The van der Waals surface area contributed by atoms with Gasteiger partial charge in [0.15, 0.2) is 11.0 Å². The van der Waals surface area contributed by atoms with Gasteiger partial charge < -0.3 is 4.57 Å². The van der Waals surface area contributed by atoms with Gasteiger partial charge in [0, 0.05) is 12.6 Å². The fraction of sp³-hybridized carbons (Fsp3) is 0.167. The number of nitrogens with zero attached hydrogens (tertiary/aromatic N) is 6. The fourth-order valence-corrected chi connectivity index (χ4v) is 3.41. The number of rotatable bonds is 4. The molecule has 0 unspecified atom stereocenters. The largest absolute Gasteiger partial charge is 0.305 e. The molecule has 2 aromatic carbocycles. The van der Waals surface area contributed by atoms with Gasteiger partial charge in [0.1, 0.15) is 5.52 Å². The predicted octanol–water partition coefficient (Wildman–Crippen LogP) is 2.65. The van der Waals surface area contributed by atoms with Crippen molar-refractivity contribution < 1.29 is 0 Å². The van der Waals surface area contributed by atoms with Crippen LogP contribution >= 0.6 is 11.8 Å². The SMILES string of the molecule is Cc1ccc(-c2nnc(SCn3nnc4ccccc4c3=O)n2C)cc1. The van der Waals surface area contributed by atoms with Crippen LogP contribution in [0.4, 0.5) is 0 Å². The van der Waals surface area contributed by atoms with Crippen LogP contribution < -0.4 is 5.56 Å². The van der Waals surface area contributed by atoms with E-state index in [2.05, 4.69) is 20.5 Å². The van der Waals surface area contributed by atoms with Crippen LogP contribution in [0.5, 0.6) is 0 Å². The summed E-state index contributed by atoms with van der Waals surface area (Å²) in [5.74, 6) is 1.10. The first-order valence-electron chi connectivity index (χ1n) is 8.05. The summed E-state index contributed by atoms with van der Waals surface area (Å²) < 4.78 is 3.25. The molecule has 0 saturated heterocycles. The Morgan fingerprint density at radius 1 is 1.00 bits per heavy atom. The van der Waals surface area contributed by atoms with Crippen LogP contribution in [-0.2, 0) is 12.9 Å². The molecular formula is C18H16N6OS. The Kier molecular flexibility index (Phi) is 4.26. The molecule has 0 radical (unpaired) electrons. The minimum Gasteiger partial charge on any atom is -0.305 e. The van der Waals surface area contributed by atoms with Gasteiger partial charge in [0.2, 0.25) is 0 Å². The number of benzene rings is 2. The van der Waals surface area contributed by atoms with E-state index in [1.165, 1.54) is 22.0 Å². The van der Waals surface area contributed by atoms with Crippen molar-refractivity contribution in [3.05, 3.63) is 64.4 Å². The second-order valence-corrected chi connectivity index (χ2v) is 6.83. The molecule has 2 aromatic heterocycles. The number of fused-ring (bicyclic) bond motifs is 1. The Balaban J connectivity index is 1.58. The molecule has 0 N–H and O–H groups in total. The van der Waals surface area contributed by atoms with Crippen molar-refractivity contribution in [1.82, 2.24) is 29.8 Å². The molecule has 7 nitrogen and oxygen atoms in total. The van der Waals surface area contributed by atoms with Crippen LogP contribution in [-0.4, -0.2) is 29.8 Å². The summed E-state index contributed by atoms with van der Waals surface area (Å²) in [6.07, 6.45) is 0. The smallest absolute Gasteiger partial charge is 0.278 e. The molecule has 8 heteroatoms. The monoisotopic (exact) mass is 364 g/mol. The van der Waals surface area contributed by atoms with Crippen molar-refractivity contribution in [3.63, 3.8) is 0 Å². The highest BCUT2D eigenvalue weighted by atomic mass is 32.2. The van der Waals surface area contributed by atoms with Crippen molar-refractivity contribution in [3.8, 4) is 11.4 Å². The fourth-order valence-electron chi connectivity index (χ4n) is 2.62. The summed E-state index contributed by atoms with van der Waals surface area (Å²) in [6.45, 7) is 2.05. The number of thioether (sulfide) groups is 1. The normalized spacial score (nSPS) is 11.2. The Bertz CT molecular complexity index is 1130. The first-order valence-corrected chi connectivity index (χ1v) is 9.04. The van der Waals surface area contributed by atoms with Gasteiger partial charge >= 0.3 is 0 Å². The second kappa shape index (κ2) is 6.72. The number of hydrogen-bond donors (Lipinski definition) is 0. The highest BCUT2D eigenvalue weighted by Crippen LogP contribution is 2.23. The highest BCUT2D eigenvalue weighted by Gasteiger charge is 2.12. The number of aromatic nitrogens is 6. The van der Waals surface area contributed by atoms with Crippen LogP contribution in [0.15, 0.2) is 58.5 Å². The van der Waals surface area contributed by atoms with Crippen LogP contribution in [0.2, 0.25) is 0 Å². The lowest BCUT2D eigenvalue weighted by Crippen LogP contribution is -2.23. The average Bonchev–Trinajstić information content (AvgIpc) is 3.03. The van der Waals surface area contributed by atoms with E-state index in [9.17, 15) is 4.79 Å². The third kappa shape index (κ3) is 2.99. The lowest BCUT2D eigenvalue weighted by molar-refractivity contribution is 0.642. The summed E-state index contributed by atoms with van der Waals surface area (Å²) in [6, 6.07) is 15.3. The predicted molar refractivity (Wildman–Crippen MR) is 101 cm³/mol. The maximum atomic E-state index is 12.5. The summed E-state index contributed by atoms with van der Waals surface area (Å²) >= 11 is 1.39. The number of aryl methyl sites for hydroxylation is 1. The van der Waals surface area contributed by atoms with Crippen LogP contribution in [0.3, 0.4) is 0 Å². The van der Waals surface area contributed by atoms with Gasteiger partial charge in [-0.05, 0) is 19.1 Å². The van der Waals surface area contributed by atoms with E-state index in [4.69, 9.17) is 0 Å². The van der Waals surface area contributed by atoms with Gasteiger partial charge in [-0.25, -0.2) is 0 Å². The zero-order chi connectivity index (χ0) is 18.1. The van der Waals surface area contributed by atoms with E-state index >= 15 is 0 Å². The zero-order valence-corrected chi connectivity index (χ0v) is 15.1. The molecule has 26 heavy (non-hydrogen) atoms. The van der Waals surface area contributed by atoms with Gasteiger partial charge in [-0.1, -0.05) is 58.9 Å². The third-order valence-corrected chi connectivity index (χ3v) is 5.08. The Morgan fingerprint density at radius 2 is 1.77 bits per heavy atom. The Hall–Kier alpha value is -3.00. The van der Waals surface area contributed by atoms with Crippen LogP contribution in [0.1, 0.15) is 5.56 Å². The van der Waals surface area contributed by atoms with Gasteiger partial charge in [0.05, 0.1) is 11.3 Å². The van der Waals surface area contributed by atoms with E-state index in [-0.39, 0.29) is 5.56 Å². The van der Waals surface area contributed by atoms with Gasteiger partial charge in [-0.15, -0.1) is 15.3 Å². The van der Waals surface area contributed by atoms with E-state index in [0.717, 1.165) is 11.4 Å². The zero-order valence-electron chi connectivity index (χ0n) is 14.3. The standard InChI is InChI=1S/C18H16N6OS/c1-12-7-9-13(10-8-12)16-20-21-18(23(16)2)26-11-24-17(25)14-5-3-4-6-15(14)19-22-24/h3-10H,11H2,1-2H3. The van der Waals surface area contributed by atoms with Gasteiger partial charge in [-0.3, -0.25) is 4.79 Å². The van der Waals surface area contributed by atoms with Crippen molar-refractivity contribution in [2.45, 2.75) is 18.0 Å². The molecule has 4 rings (SSSR count). The molecule has 0 amide bonds.